The molecule has 0 aliphatic heterocycles. The van der Waals surface area contributed by atoms with Crippen LogP contribution in [0, 0.1) is 5.82 Å². The Morgan fingerprint density at radius 1 is 1.24 bits per heavy atom. The van der Waals surface area contributed by atoms with Crippen molar-refractivity contribution < 1.29 is 9.50 Å². The third-order valence-corrected chi connectivity index (χ3v) is 2.76. The van der Waals surface area contributed by atoms with Crippen LogP contribution in [0.2, 0.25) is 5.02 Å². The van der Waals surface area contributed by atoms with Crippen molar-refractivity contribution in [3.63, 3.8) is 0 Å². The van der Waals surface area contributed by atoms with Gasteiger partial charge in [-0.3, -0.25) is 4.98 Å². The summed E-state index contributed by atoms with van der Waals surface area (Å²) >= 11 is 5.66. The fraction of sp³-hybridized carbons (Fsp3) is 0.154. The number of hydrogen-bond donors (Lipinski definition) is 1. The highest BCUT2D eigenvalue weighted by Crippen LogP contribution is 2.25. The molecule has 1 unspecified atom stereocenters. The van der Waals surface area contributed by atoms with Gasteiger partial charge in [0.15, 0.2) is 0 Å². The van der Waals surface area contributed by atoms with E-state index in [4.69, 9.17) is 11.6 Å². The Morgan fingerprint density at radius 2 is 2.06 bits per heavy atom. The van der Waals surface area contributed by atoms with Crippen LogP contribution in [-0.2, 0) is 6.42 Å². The molecule has 2 aromatic rings. The maximum Gasteiger partial charge on any atom is 0.147 e. The van der Waals surface area contributed by atoms with E-state index in [1.807, 2.05) is 6.07 Å². The molecule has 88 valence electrons. The monoisotopic (exact) mass is 251 g/mol. The molecule has 0 saturated heterocycles. The van der Waals surface area contributed by atoms with Crippen molar-refractivity contribution >= 4 is 11.6 Å². The highest BCUT2D eigenvalue weighted by atomic mass is 35.5. The van der Waals surface area contributed by atoms with Crippen LogP contribution in [0.1, 0.15) is 17.4 Å². The summed E-state index contributed by atoms with van der Waals surface area (Å²) in [6.45, 7) is 0. The summed E-state index contributed by atoms with van der Waals surface area (Å²) < 4.78 is 13.6. The third kappa shape index (κ3) is 2.81. The number of benzene rings is 1. The second-order valence-electron chi connectivity index (χ2n) is 3.68. The molecular weight excluding hydrogens is 241 g/mol. The zero-order valence-corrected chi connectivity index (χ0v) is 9.73. The maximum absolute atomic E-state index is 13.6. The van der Waals surface area contributed by atoms with E-state index in [9.17, 15) is 9.50 Å². The first-order valence-corrected chi connectivity index (χ1v) is 5.58. The van der Waals surface area contributed by atoms with Crippen LogP contribution in [0.5, 0.6) is 0 Å². The van der Waals surface area contributed by atoms with Crippen LogP contribution in [0.15, 0.2) is 42.6 Å². The molecule has 2 rings (SSSR count). The number of aromatic nitrogens is 1. The highest BCUT2D eigenvalue weighted by Gasteiger charge is 2.15. The minimum Gasteiger partial charge on any atom is -0.388 e. The third-order valence-electron chi connectivity index (χ3n) is 2.47. The molecule has 0 fully saturated rings. The molecular formula is C13H11ClFNO. The lowest BCUT2D eigenvalue weighted by Gasteiger charge is -2.12. The van der Waals surface area contributed by atoms with Crippen molar-refractivity contribution in [3.8, 4) is 0 Å². The van der Waals surface area contributed by atoms with Crippen LogP contribution in [0.3, 0.4) is 0 Å². The Labute approximate surface area is 104 Å². The number of aliphatic hydroxyl groups excluding tert-OH is 1. The molecule has 0 amide bonds. The summed E-state index contributed by atoms with van der Waals surface area (Å²) in [6.07, 6.45) is 0.956. The molecule has 0 aliphatic carbocycles. The second-order valence-corrected chi connectivity index (χ2v) is 4.09. The first-order chi connectivity index (χ1) is 8.18. The lowest BCUT2D eigenvalue weighted by Crippen LogP contribution is -2.05. The average Bonchev–Trinajstić information content (AvgIpc) is 2.34. The van der Waals surface area contributed by atoms with Gasteiger partial charge in [-0.05, 0) is 18.2 Å². The Kier molecular flexibility index (Phi) is 3.71. The van der Waals surface area contributed by atoms with Gasteiger partial charge in [0.05, 0.1) is 11.1 Å². The fourth-order valence-corrected chi connectivity index (χ4v) is 1.79. The van der Waals surface area contributed by atoms with Crippen molar-refractivity contribution in [2.24, 2.45) is 0 Å². The van der Waals surface area contributed by atoms with E-state index in [1.165, 1.54) is 12.1 Å². The van der Waals surface area contributed by atoms with Gasteiger partial charge >= 0.3 is 0 Å². The van der Waals surface area contributed by atoms with E-state index < -0.39 is 11.9 Å². The molecule has 1 atom stereocenters. The largest absolute Gasteiger partial charge is 0.388 e. The first kappa shape index (κ1) is 12.0. The Morgan fingerprint density at radius 3 is 2.76 bits per heavy atom. The Balaban J connectivity index is 2.20. The molecule has 0 spiro atoms. The number of nitrogens with zero attached hydrogens (tertiary/aromatic N) is 1. The van der Waals surface area contributed by atoms with Gasteiger partial charge in [0.2, 0.25) is 0 Å². The molecule has 1 heterocycles. The maximum atomic E-state index is 13.6. The SMILES string of the molecule is OC(Cc1ccccn1)c1cccc(Cl)c1F. The van der Waals surface area contributed by atoms with Crippen molar-refractivity contribution in [1.82, 2.24) is 4.98 Å². The van der Waals surface area contributed by atoms with Gasteiger partial charge in [0.25, 0.3) is 0 Å². The van der Waals surface area contributed by atoms with Gasteiger partial charge in [0, 0.05) is 23.9 Å². The molecule has 1 aromatic heterocycles. The minimum absolute atomic E-state index is 0.0163. The predicted octanol–water partition coefficient (Wildman–Crippen LogP) is 3.15. The van der Waals surface area contributed by atoms with Crippen molar-refractivity contribution in [1.29, 1.82) is 0 Å². The van der Waals surface area contributed by atoms with E-state index in [0.29, 0.717) is 5.69 Å². The van der Waals surface area contributed by atoms with Crippen LogP contribution < -0.4 is 0 Å². The first-order valence-electron chi connectivity index (χ1n) is 5.20. The lowest BCUT2D eigenvalue weighted by molar-refractivity contribution is 0.172. The van der Waals surface area contributed by atoms with Gasteiger partial charge < -0.3 is 5.11 Å². The molecule has 17 heavy (non-hydrogen) atoms. The highest BCUT2D eigenvalue weighted by molar-refractivity contribution is 6.30. The predicted molar refractivity (Wildman–Crippen MR) is 64.3 cm³/mol. The lowest BCUT2D eigenvalue weighted by atomic mass is 10.0. The van der Waals surface area contributed by atoms with Gasteiger partial charge in [-0.2, -0.15) is 0 Å². The smallest absolute Gasteiger partial charge is 0.147 e. The topological polar surface area (TPSA) is 33.1 Å². The van der Waals surface area contributed by atoms with Crippen molar-refractivity contribution in [3.05, 3.63) is 64.7 Å². The Hall–Kier alpha value is -1.45. The van der Waals surface area contributed by atoms with Gasteiger partial charge in [0.1, 0.15) is 5.82 Å². The Bertz CT molecular complexity index is 504. The fourth-order valence-electron chi connectivity index (χ4n) is 1.60. The van der Waals surface area contributed by atoms with E-state index in [-0.39, 0.29) is 17.0 Å². The quantitative estimate of drug-likeness (QED) is 0.909. The summed E-state index contributed by atoms with van der Waals surface area (Å²) in [4.78, 5) is 4.08. The summed E-state index contributed by atoms with van der Waals surface area (Å²) in [5.74, 6) is -0.572. The molecule has 0 aliphatic rings. The molecule has 1 N–H and O–H groups in total. The van der Waals surface area contributed by atoms with Crippen LogP contribution >= 0.6 is 11.6 Å². The number of hydrogen-bond acceptors (Lipinski definition) is 2. The molecule has 0 saturated carbocycles. The number of pyridine rings is 1. The van der Waals surface area contributed by atoms with E-state index in [0.717, 1.165) is 0 Å². The normalized spacial score (nSPS) is 12.4. The summed E-state index contributed by atoms with van der Waals surface area (Å²) in [5.41, 5.74) is 0.905. The molecule has 1 aromatic carbocycles. The van der Waals surface area contributed by atoms with Crippen molar-refractivity contribution in [2.75, 3.05) is 0 Å². The molecule has 4 heteroatoms. The number of aliphatic hydroxyl groups is 1. The molecule has 0 bridgehead atoms. The van der Waals surface area contributed by atoms with Gasteiger partial charge in [-0.25, -0.2) is 4.39 Å². The number of halogens is 2. The molecule has 2 nitrogen and oxygen atoms in total. The standard InChI is InChI=1S/C13H11ClFNO/c14-11-6-3-5-10(13(11)15)12(17)8-9-4-1-2-7-16-9/h1-7,12,17H,8H2. The van der Waals surface area contributed by atoms with Crippen LogP contribution in [-0.4, -0.2) is 10.1 Å². The summed E-state index contributed by atoms with van der Waals surface area (Å²) in [6, 6.07) is 9.98. The van der Waals surface area contributed by atoms with Crippen molar-refractivity contribution in [2.45, 2.75) is 12.5 Å². The van der Waals surface area contributed by atoms with Crippen LogP contribution in [0.25, 0.3) is 0 Å². The summed E-state index contributed by atoms with van der Waals surface area (Å²) in [5, 5.41) is 9.96. The zero-order chi connectivity index (χ0) is 12.3. The van der Waals surface area contributed by atoms with Gasteiger partial charge in [-0.1, -0.05) is 29.8 Å². The minimum atomic E-state index is -0.941. The van der Waals surface area contributed by atoms with E-state index in [2.05, 4.69) is 4.98 Å². The second kappa shape index (κ2) is 5.25. The van der Waals surface area contributed by atoms with E-state index >= 15 is 0 Å². The van der Waals surface area contributed by atoms with E-state index in [1.54, 1.807) is 24.4 Å². The number of rotatable bonds is 3. The van der Waals surface area contributed by atoms with Crippen LogP contribution in [0.4, 0.5) is 4.39 Å². The average molecular weight is 252 g/mol. The zero-order valence-electron chi connectivity index (χ0n) is 8.98. The molecule has 0 radical (unpaired) electrons. The van der Waals surface area contributed by atoms with Gasteiger partial charge in [-0.15, -0.1) is 0 Å². The summed E-state index contributed by atoms with van der Waals surface area (Å²) in [7, 11) is 0.